The maximum absolute atomic E-state index is 13.3. The summed E-state index contributed by atoms with van der Waals surface area (Å²) in [6.07, 6.45) is 3.35. The lowest BCUT2D eigenvalue weighted by molar-refractivity contribution is 0.102. The van der Waals surface area contributed by atoms with E-state index >= 15 is 0 Å². The van der Waals surface area contributed by atoms with Gasteiger partial charge in [-0.05, 0) is 36.4 Å². The summed E-state index contributed by atoms with van der Waals surface area (Å²) in [5.41, 5.74) is 1.30. The van der Waals surface area contributed by atoms with E-state index in [9.17, 15) is 13.6 Å². The molecule has 2 aromatic carbocycles. The summed E-state index contributed by atoms with van der Waals surface area (Å²) in [5.74, 6) is -1.76. The van der Waals surface area contributed by atoms with Crippen molar-refractivity contribution in [2.45, 2.75) is 6.61 Å². The van der Waals surface area contributed by atoms with Crippen LogP contribution in [0.2, 0.25) is 0 Å². The standard InChI is InChI=1S/C20H16F2N2O3/c1-26-18-7-5-15(10-19(18)27-12-13-3-2-8-23-11-13)24-20(25)14-4-6-16(21)17(22)9-14/h2-11H,12H2,1H3,(H,24,25). The normalized spacial score (nSPS) is 10.3. The molecule has 0 saturated heterocycles. The molecule has 3 aromatic rings. The third-order valence-corrected chi connectivity index (χ3v) is 3.72. The van der Waals surface area contributed by atoms with E-state index in [0.29, 0.717) is 17.2 Å². The van der Waals surface area contributed by atoms with Crippen LogP contribution in [0.5, 0.6) is 11.5 Å². The zero-order valence-electron chi connectivity index (χ0n) is 14.4. The highest BCUT2D eigenvalue weighted by atomic mass is 19.2. The van der Waals surface area contributed by atoms with E-state index in [1.807, 2.05) is 6.07 Å². The molecule has 3 rings (SSSR count). The Kier molecular flexibility index (Phi) is 5.61. The average Bonchev–Trinajstić information content (AvgIpc) is 2.69. The highest BCUT2D eigenvalue weighted by molar-refractivity contribution is 6.04. The molecule has 27 heavy (non-hydrogen) atoms. The molecule has 0 atom stereocenters. The van der Waals surface area contributed by atoms with Gasteiger partial charge in [0.15, 0.2) is 23.1 Å². The van der Waals surface area contributed by atoms with Gasteiger partial charge in [0.05, 0.1) is 7.11 Å². The first kappa shape index (κ1) is 18.3. The number of nitrogens with zero attached hydrogens (tertiary/aromatic N) is 1. The summed E-state index contributed by atoms with van der Waals surface area (Å²) in [5, 5.41) is 2.62. The Bertz CT molecular complexity index is 949. The molecule has 0 spiro atoms. The van der Waals surface area contributed by atoms with Gasteiger partial charge in [-0.3, -0.25) is 9.78 Å². The molecule has 0 fully saturated rings. The number of pyridine rings is 1. The van der Waals surface area contributed by atoms with Gasteiger partial charge in [0, 0.05) is 35.3 Å². The van der Waals surface area contributed by atoms with E-state index in [2.05, 4.69) is 10.3 Å². The number of anilines is 1. The zero-order chi connectivity index (χ0) is 19.2. The van der Waals surface area contributed by atoms with E-state index < -0.39 is 17.5 Å². The lowest BCUT2D eigenvalue weighted by Crippen LogP contribution is -2.12. The van der Waals surface area contributed by atoms with Crippen LogP contribution in [0.4, 0.5) is 14.5 Å². The second-order valence-electron chi connectivity index (χ2n) is 5.60. The van der Waals surface area contributed by atoms with Crippen molar-refractivity contribution in [2.24, 2.45) is 0 Å². The van der Waals surface area contributed by atoms with Crippen LogP contribution in [0.3, 0.4) is 0 Å². The number of hydrogen-bond acceptors (Lipinski definition) is 4. The number of nitrogens with one attached hydrogen (secondary N) is 1. The molecule has 0 saturated carbocycles. The molecule has 1 aromatic heterocycles. The highest BCUT2D eigenvalue weighted by Crippen LogP contribution is 2.31. The summed E-state index contributed by atoms with van der Waals surface area (Å²) in [6, 6.07) is 11.5. The quantitative estimate of drug-likeness (QED) is 0.707. The van der Waals surface area contributed by atoms with Crippen molar-refractivity contribution in [3.8, 4) is 11.5 Å². The number of benzene rings is 2. The van der Waals surface area contributed by atoms with Crippen LogP contribution in [0, 0.1) is 11.6 Å². The largest absolute Gasteiger partial charge is 0.493 e. The van der Waals surface area contributed by atoms with Crippen LogP contribution in [0.25, 0.3) is 0 Å². The number of amides is 1. The van der Waals surface area contributed by atoms with E-state index in [4.69, 9.17) is 9.47 Å². The first-order chi connectivity index (χ1) is 13.1. The fourth-order valence-corrected chi connectivity index (χ4v) is 2.35. The lowest BCUT2D eigenvalue weighted by atomic mass is 10.2. The number of hydrogen-bond donors (Lipinski definition) is 1. The second kappa shape index (κ2) is 8.27. The first-order valence-electron chi connectivity index (χ1n) is 8.03. The first-order valence-corrected chi connectivity index (χ1v) is 8.03. The summed E-state index contributed by atoms with van der Waals surface area (Å²) in [4.78, 5) is 16.3. The van der Waals surface area contributed by atoms with Crippen LogP contribution in [-0.4, -0.2) is 18.0 Å². The predicted molar refractivity (Wildman–Crippen MR) is 95.9 cm³/mol. The summed E-state index contributed by atoms with van der Waals surface area (Å²) < 4.78 is 37.3. The Morgan fingerprint density at radius 3 is 2.63 bits per heavy atom. The minimum absolute atomic E-state index is 0.00236. The average molecular weight is 370 g/mol. The Morgan fingerprint density at radius 1 is 1.07 bits per heavy atom. The second-order valence-corrected chi connectivity index (χ2v) is 5.60. The van der Waals surface area contributed by atoms with Crippen molar-refractivity contribution in [1.29, 1.82) is 0 Å². The molecule has 0 aliphatic carbocycles. The third kappa shape index (κ3) is 4.58. The smallest absolute Gasteiger partial charge is 0.255 e. The fourth-order valence-electron chi connectivity index (χ4n) is 2.35. The summed E-state index contributed by atoms with van der Waals surface area (Å²) in [6.45, 7) is 0.269. The van der Waals surface area contributed by atoms with Crippen molar-refractivity contribution < 1.29 is 23.0 Å². The molecule has 1 N–H and O–H groups in total. The molecule has 138 valence electrons. The lowest BCUT2D eigenvalue weighted by Gasteiger charge is -2.13. The molecule has 1 heterocycles. The molecule has 1 amide bonds. The van der Waals surface area contributed by atoms with Crippen LogP contribution < -0.4 is 14.8 Å². The molecule has 0 unspecified atom stereocenters. The van der Waals surface area contributed by atoms with Gasteiger partial charge in [-0.1, -0.05) is 6.07 Å². The fraction of sp³-hybridized carbons (Fsp3) is 0.100. The monoisotopic (exact) mass is 370 g/mol. The van der Waals surface area contributed by atoms with Gasteiger partial charge in [0.25, 0.3) is 5.91 Å². The van der Waals surface area contributed by atoms with Gasteiger partial charge in [-0.2, -0.15) is 0 Å². The van der Waals surface area contributed by atoms with E-state index in [0.717, 1.165) is 17.7 Å². The number of carbonyl (C=O) groups is 1. The summed E-state index contributed by atoms with van der Waals surface area (Å²) >= 11 is 0. The highest BCUT2D eigenvalue weighted by Gasteiger charge is 2.12. The van der Waals surface area contributed by atoms with Crippen LogP contribution in [-0.2, 0) is 6.61 Å². The number of aromatic nitrogens is 1. The van der Waals surface area contributed by atoms with Crippen molar-refractivity contribution in [2.75, 3.05) is 12.4 Å². The summed E-state index contributed by atoms with van der Waals surface area (Å²) in [7, 11) is 1.51. The zero-order valence-corrected chi connectivity index (χ0v) is 14.4. The molecule has 5 nitrogen and oxygen atoms in total. The maximum atomic E-state index is 13.3. The number of halogens is 2. The number of carbonyl (C=O) groups excluding carboxylic acids is 1. The molecule has 7 heteroatoms. The molecular weight excluding hydrogens is 354 g/mol. The van der Waals surface area contributed by atoms with Crippen molar-refractivity contribution in [3.63, 3.8) is 0 Å². The van der Waals surface area contributed by atoms with Crippen molar-refractivity contribution in [1.82, 2.24) is 4.98 Å². The van der Waals surface area contributed by atoms with E-state index in [1.54, 1.807) is 36.7 Å². The van der Waals surface area contributed by atoms with Crippen LogP contribution in [0.15, 0.2) is 60.9 Å². The maximum Gasteiger partial charge on any atom is 0.255 e. The number of rotatable bonds is 6. The SMILES string of the molecule is COc1ccc(NC(=O)c2ccc(F)c(F)c2)cc1OCc1cccnc1. The molecule has 0 aliphatic heterocycles. The predicted octanol–water partition coefficient (Wildman–Crippen LogP) is 4.20. The van der Waals surface area contributed by atoms with Crippen LogP contribution >= 0.6 is 0 Å². The Labute approximate surface area is 154 Å². The Morgan fingerprint density at radius 2 is 1.93 bits per heavy atom. The third-order valence-electron chi connectivity index (χ3n) is 3.72. The van der Waals surface area contributed by atoms with Gasteiger partial charge in [-0.25, -0.2) is 8.78 Å². The topological polar surface area (TPSA) is 60.5 Å². The number of methoxy groups -OCH3 is 1. The molecular formula is C20H16F2N2O3. The number of ether oxygens (including phenoxy) is 2. The molecule has 0 aliphatic rings. The van der Waals surface area contributed by atoms with E-state index in [-0.39, 0.29) is 12.2 Å². The van der Waals surface area contributed by atoms with E-state index in [1.165, 1.54) is 13.2 Å². The van der Waals surface area contributed by atoms with Gasteiger partial charge in [-0.15, -0.1) is 0 Å². The Balaban J connectivity index is 1.75. The van der Waals surface area contributed by atoms with Gasteiger partial charge >= 0.3 is 0 Å². The van der Waals surface area contributed by atoms with Gasteiger partial charge in [0.2, 0.25) is 0 Å². The molecule has 0 radical (unpaired) electrons. The van der Waals surface area contributed by atoms with Crippen LogP contribution in [0.1, 0.15) is 15.9 Å². The molecule has 0 bridgehead atoms. The van der Waals surface area contributed by atoms with Crippen molar-refractivity contribution in [3.05, 3.63) is 83.7 Å². The minimum atomic E-state index is -1.09. The van der Waals surface area contributed by atoms with Gasteiger partial charge < -0.3 is 14.8 Å². The van der Waals surface area contributed by atoms with Crippen molar-refractivity contribution >= 4 is 11.6 Å². The Hall–Kier alpha value is -3.48. The minimum Gasteiger partial charge on any atom is -0.493 e. The van der Waals surface area contributed by atoms with Gasteiger partial charge in [0.1, 0.15) is 6.61 Å².